The van der Waals surface area contributed by atoms with E-state index in [1.165, 1.54) is 5.56 Å². The van der Waals surface area contributed by atoms with Crippen LogP contribution in [-0.4, -0.2) is 36.0 Å². The molecule has 1 aromatic rings. The minimum Gasteiger partial charge on any atom is -0.454 e. The third kappa shape index (κ3) is 2.90. The first-order valence-electron chi connectivity index (χ1n) is 5.94. The highest BCUT2D eigenvalue weighted by molar-refractivity contribution is 5.44. The summed E-state index contributed by atoms with van der Waals surface area (Å²) in [6.07, 6.45) is 0. The zero-order valence-corrected chi connectivity index (χ0v) is 10.3. The molecule has 0 fully saturated rings. The Hall–Kier alpha value is -1.26. The van der Waals surface area contributed by atoms with Gasteiger partial charge in [-0.3, -0.25) is 4.90 Å². The minimum atomic E-state index is 0.183. The molecule has 0 radical (unpaired) electrons. The van der Waals surface area contributed by atoms with Crippen molar-refractivity contribution < 1.29 is 14.6 Å². The van der Waals surface area contributed by atoms with Crippen LogP contribution >= 0.6 is 0 Å². The number of nitrogens with zero attached hydrogens (tertiary/aromatic N) is 1. The summed E-state index contributed by atoms with van der Waals surface area (Å²) in [6, 6.07) is 6.40. The molecule has 1 heterocycles. The SMILES string of the molecule is CC(C)N(CCO)Cc1ccc2c(c1)OCO2. The third-order valence-electron chi connectivity index (χ3n) is 2.94. The predicted octanol–water partition coefficient (Wildman–Crippen LogP) is 1.62. The summed E-state index contributed by atoms with van der Waals surface area (Å²) in [7, 11) is 0. The summed E-state index contributed by atoms with van der Waals surface area (Å²) in [4.78, 5) is 2.22. The van der Waals surface area contributed by atoms with Crippen molar-refractivity contribution in [3.05, 3.63) is 23.8 Å². The predicted molar refractivity (Wildman–Crippen MR) is 65.2 cm³/mol. The molecule has 0 saturated heterocycles. The molecular weight excluding hydrogens is 218 g/mol. The summed E-state index contributed by atoms with van der Waals surface area (Å²) >= 11 is 0. The van der Waals surface area contributed by atoms with Gasteiger partial charge in [0.1, 0.15) is 0 Å². The van der Waals surface area contributed by atoms with Crippen molar-refractivity contribution >= 4 is 0 Å². The lowest BCUT2D eigenvalue weighted by Gasteiger charge is -2.25. The lowest BCUT2D eigenvalue weighted by atomic mass is 10.1. The van der Waals surface area contributed by atoms with Crippen LogP contribution in [0.5, 0.6) is 11.5 Å². The van der Waals surface area contributed by atoms with Crippen molar-refractivity contribution in [2.45, 2.75) is 26.4 Å². The van der Waals surface area contributed by atoms with E-state index in [-0.39, 0.29) is 6.61 Å². The highest BCUT2D eigenvalue weighted by Crippen LogP contribution is 2.32. The largest absolute Gasteiger partial charge is 0.454 e. The Labute approximate surface area is 102 Å². The van der Waals surface area contributed by atoms with Crippen molar-refractivity contribution in [1.82, 2.24) is 4.90 Å². The monoisotopic (exact) mass is 237 g/mol. The quantitative estimate of drug-likeness (QED) is 0.845. The Balaban J connectivity index is 2.07. The maximum Gasteiger partial charge on any atom is 0.231 e. The van der Waals surface area contributed by atoms with E-state index in [9.17, 15) is 0 Å². The van der Waals surface area contributed by atoms with Crippen molar-refractivity contribution in [1.29, 1.82) is 0 Å². The number of rotatable bonds is 5. The normalized spacial score (nSPS) is 13.7. The molecule has 0 aliphatic carbocycles. The van der Waals surface area contributed by atoms with Gasteiger partial charge in [-0.05, 0) is 31.5 Å². The molecule has 17 heavy (non-hydrogen) atoms. The van der Waals surface area contributed by atoms with Gasteiger partial charge in [-0.1, -0.05) is 6.07 Å². The zero-order chi connectivity index (χ0) is 12.3. The van der Waals surface area contributed by atoms with Crippen LogP contribution in [0.2, 0.25) is 0 Å². The first kappa shape index (κ1) is 12.2. The smallest absolute Gasteiger partial charge is 0.231 e. The summed E-state index contributed by atoms with van der Waals surface area (Å²) in [5.74, 6) is 1.63. The summed E-state index contributed by atoms with van der Waals surface area (Å²) < 4.78 is 10.6. The van der Waals surface area contributed by atoms with Gasteiger partial charge in [0.2, 0.25) is 6.79 Å². The van der Waals surface area contributed by atoms with Gasteiger partial charge in [-0.25, -0.2) is 0 Å². The lowest BCUT2D eigenvalue weighted by molar-refractivity contribution is 0.159. The first-order valence-corrected chi connectivity index (χ1v) is 5.94. The molecule has 1 aromatic carbocycles. The van der Waals surface area contributed by atoms with Gasteiger partial charge in [0, 0.05) is 19.1 Å². The fourth-order valence-electron chi connectivity index (χ4n) is 1.92. The van der Waals surface area contributed by atoms with Gasteiger partial charge < -0.3 is 14.6 Å². The summed E-state index contributed by atoms with van der Waals surface area (Å²) in [5, 5.41) is 9.03. The molecule has 1 aliphatic heterocycles. The lowest BCUT2D eigenvalue weighted by Crippen LogP contribution is -2.32. The molecule has 0 amide bonds. The van der Waals surface area contributed by atoms with Crippen LogP contribution in [-0.2, 0) is 6.54 Å². The zero-order valence-electron chi connectivity index (χ0n) is 10.3. The second-order valence-corrected chi connectivity index (χ2v) is 4.48. The molecule has 1 N–H and O–H groups in total. The second kappa shape index (κ2) is 5.38. The fourth-order valence-corrected chi connectivity index (χ4v) is 1.92. The van der Waals surface area contributed by atoms with Gasteiger partial charge >= 0.3 is 0 Å². The Morgan fingerprint density at radius 3 is 2.76 bits per heavy atom. The van der Waals surface area contributed by atoms with E-state index < -0.39 is 0 Å². The van der Waals surface area contributed by atoms with Crippen LogP contribution in [0.4, 0.5) is 0 Å². The highest BCUT2D eigenvalue weighted by atomic mass is 16.7. The molecule has 4 heteroatoms. The standard InChI is InChI=1S/C13H19NO3/c1-10(2)14(5-6-15)8-11-3-4-12-13(7-11)17-9-16-12/h3-4,7,10,15H,5-6,8-9H2,1-2H3. The van der Waals surface area contributed by atoms with Crippen molar-refractivity contribution in [2.24, 2.45) is 0 Å². The van der Waals surface area contributed by atoms with Gasteiger partial charge in [0.25, 0.3) is 0 Å². The molecule has 2 rings (SSSR count). The van der Waals surface area contributed by atoms with Gasteiger partial charge in [-0.2, -0.15) is 0 Å². The maximum absolute atomic E-state index is 9.03. The number of hydrogen-bond donors (Lipinski definition) is 1. The molecule has 0 aromatic heterocycles. The number of fused-ring (bicyclic) bond motifs is 1. The topological polar surface area (TPSA) is 41.9 Å². The van der Waals surface area contributed by atoms with E-state index in [0.29, 0.717) is 19.4 Å². The van der Waals surface area contributed by atoms with Crippen LogP contribution in [0.1, 0.15) is 19.4 Å². The number of benzene rings is 1. The molecule has 0 bridgehead atoms. The third-order valence-corrected chi connectivity index (χ3v) is 2.94. The minimum absolute atomic E-state index is 0.183. The Morgan fingerprint density at radius 2 is 2.06 bits per heavy atom. The molecule has 0 atom stereocenters. The average Bonchev–Trinajstić information content (AvgIpc) is 2.75. The van der Waals surface area contributed by atoms with Crippen LogP contribution in [0.15, 0.2) is 18.2 Å². The number of ether oxygens (including phenoxy) is 2. The van der Waals surface area contributed by atoms with E-state index in [1.807, 2.05) is 18.2 Å². The molecule has 1 aliphatic rings. The molecular formula is C13H19NO3. The van der Waals surface area contributed by atoms with Crippen LogP contribution < -0.4 is 9.47 Å². The molecule has 0 saturated carbocycles. The van der Waals surface area contributed by atoms with E-state index in [2.05, 4.69) is 18.7 Å². The average molecular weight is 237 g/mol. The Bertz CT molecular complexity index is 379. The molecule has 94 valence electrons. The molecule has 0 spiro atoms. The van der Waals surface area contributed by atoms with Crippen LogP contribution in [0.3, 0.4) is 0 Å². The Kier molecular flexibility index (Phi) is 3.86. The summed E-state index contributed by atoms with van der Waals surface area (Å²) in [5.41, 5.74) is 1.18. The van der Waals surface area contributed by atoms with Crippen molar-refractivity contribution in [3.63, 3.8) is 0 Å². The Morgan fingerprint density at radius 1 is 1.29 bits per heavy atom. The highest BCUT2D eigenvalue weighted by Gasteiger charge is 2.15. The van der Waals surface area contributed by atoms with Crippen LogP contribution in [0.25, 0.3) is 0 Å². The summed E-state index contributed by atoms with van der Waals surface area (Å²) in [6.45, 7) is 6.25. The number of hydrogen-bond acceptors (Lipinski definition) is 4. The van der Waals surface area contributed by atoms with E-state index in [1.54, 1.807) is 0 Å². The molecule has 0 unspecified atom stereocenters. The number of aliphatic hydroxyl groups excluding tert-OH is 1. The van der Waals surface area contributed by atoms with Crippen molar-refractivity contribution in [2.75, 3.05) is 19.9 Å². The fraction of sp³-hybridized carbons (Fsp3) is 0.538. The van der Waals surface area contributed by atoms with Gasteiger partial charge in [0.15, 0.2) is 11.5 Å². The number of aliphatic hydroxyl groups is 1. The van der Waals surface area contributed by atoms with Gasteiger partial charge in [-0.15, -0.1) is 0 Å². The van der Waals surface area contributed by atoms with Crippen molar-refractivity contribution in [3.8, 4) is 11.5 Å². The van der Waals surface area contributed by atoms with E-state index >= 15 is 0 Å². The van der Waals surface area contributed by atoms with E-state index in [4.69, 9.17) is 14.6 Å². The van der Waals surface area contributed by atoms with Crippen LogP contribution in [0, 0.1) is 0 Å². The maximum atomic E-state index is 9.03. The first-order chi connectivity index (χ1) is 8.20. The van der Waals surface area contributed by atoms with Gasteiger partial charge in [0.05, 0.1) is 6.61 Å². The molecule has 4 nitrogen and oxygen atoms in total. The van der Waals surface area contributed by atoms with E-state index in [0.717, 1.165) is 18.0 Å². The second-order valence-electron chi connectivity index (χ2n) is 4.48.